The summed E-state index contributed by atoms with van der Waals surface area (Å²) in [4.78, 5) is 8.57. The van der Waals surface area contributed by atoms with E-state index in [2.05, 4.69) is 48.2 Å². The molecule has 0 aliphatic carbocycles. The first-order valence-electron chi connectivity index (χ1n) is 6.98. The zero-order chi connectivity index (χ0) is 14.4. The number of nitrogens with zero attached hydrogens (tertiary/aromatic N) is 2. The van der Waals surface area contributed by atoms with Gasteiger partial charge in [-0.25, -0.2) is 4.98 Å². The average molecular weight is 271 g/mol. The molecule has 1 N–H and O–H groups in total. The number of nitrogens with one attached hydrogen (secondary N) is 1. The molecule has 0 bridgehead atoms. The van der Waals surface area contributed by atoms with Gasteiger partial charge in [-0.2, -0.15) is 0 Å². The van der Waals surface area contributed by atoms with E-state index >= 15 is 0 Å². The molecule has 0 unspecified atom stereocenters. The van der Waals surface area contributed by atoms with Crippen LogP contribution in [0.1, 0.15) is 37.9 Å². The van der Waals surface area contributed by atoms with Crippen molar-refractivity contribution in [2.24, 2.45) is 0 Å². The van der Waals surface area contributed by atoms with Crippen LogP contribution in [0.3, 0.4) is 0 Å². The van der Waals surface area contributed by atoms with Crippen LogP contribution in [0.15, 0.2) is 36.7 Å². The van der Waals surface area contributed by atoms with Crippen LogP contribution in [-0.2, 0) is 6.54 Å². The highest BCUT2D eigenvalue weighted by atomic mass is 16.5. The van der Waals surface area contributed by atoms with Crippen molar-refractivity contribution in [3.05, 3.63) is 47.9 Å². The molecule has 0 aliphatic rings. The fourth-order valence-corrected chi connectivity index (χ4v) is 1.82. The normalized spacial score (nSPS) is 10.8. The minimum Gasteiger partial charge on any atom is -0.437 e. The van der Waals surface area contributed by atoms with E-state index < -0.39 is 0 Å². The van der Waals surface area contributed by atoms with Gasteiger partial charge in [-0.3, -0.25) is 4.98 Å². The number of hydrogen-bond donors (Lipinski definition) is 1. The van der Waals surface area contributed by atoms with Crippen molar-refractivity contribution in [1.29, 1.82) is 0 Å². The quantitative estimate of drug-likeness (QED) is 0.873. The molecule has 0 aliphatic heterocycles. The number of rotatable bonds is 6. The van der Waals surface area contributed by atoms with Crippen LogP contribution in [0.5, 0.6) is 11.6 Å². The fourth-order valence-electron chi connectivity index (χ4n) is 1.82. The molecular formula is C16H21N3O. The number of ether oxygens (including phenoxy) is 1. The van der Waals surface area contributed by atoms with Gasteiger partial charge in [0.25, 0.3) is 0 Å². The van der Waals surface area contributed by atoms with Gasteiger partial charge in [-0.15, -0.1) is 0 Å². The molecule has 2 rings (SSSR count). The predicted octanol–water partition coefficient (Wildman–Crippen LogP) is 3.50. The molecule has 20 heavy (non-hydrogen) atoms. The van der Waals surface area contributed by atoms with Crippen molar-refractivity contribution in [2.75, 3.05) is 6.54 Å². The van der Waals surface area contributed by atoms with E-state index in [9.17, 15) is 0 Å². The summed E-state index contributed by atoms with van der Waals surface area (Å²) in [5, 5.41) is 3.22. The van der Waals surface area contributed by atoms with Crippen molar-refractivity contribution in [3.8, 4) is 11.6 Å². The summed E-state index contributed by atoms with van der Waals surface area (Å²) in [7, 11) is 0. The summed E-state index contributed by atoms with van der Waals surface area (Å²) in [6, 6.07) is 8.09. The van der Waals surface area contributed by atoms with Gasteiger partial charge in [-0.1, -0.05) is 32.9 Å². The molecule has 0 spiro atoms. The van der Waals surface area contributed by atoms with Crippen LogP contribution in [0.25, 0.3) is 0 Å². The Bertz CT molecular complexity index is 538. The number of hydrogen-bond acceptors (Lipinski definition) is 4. The molecule has 0 amide bonds. The summed E-state index contributed by atoms with van der Waals surface area (Å²) in [5.74, 6) is 1.83. The Hall–Kier alpha value is -1.94. The lowest BCUT2D eigenvalue weighted by molar-refractivity contribution is 0.456. The van der Waals surface area contributed by atoms with Gasteiger partial charge in [-0.05, 0) is 30.2 Å². The van der Waals surface area contributed by atoms with Crippen molar-refractivity contribution in [3.63, 3.8) is 0 Å². The molecule has 4 nitrogen and oxygen atoms in total. The monoisotopic (exact) mass is 271 g/mol. The van der Waals surface area contributed by atoms with E-state index in [1.165, 1.54) is 5.56 Å². The minimum absolute atomic E-state index is 0.521. The van der Waals surface area contributed by atoms with Gasteiger partial charge >= 0.3 is 0 Å². The van der Waals surface area contributed by atoms with Gasteiger partial charge in [0.2, 0.25) is 5.88 Å². The zero-order valence-corrected chi connectivity index (χ0v) is 12.3. The molecule has 1 aromatic heterocycles. The molecular weight excluding hydrogens is 250 g/mol. The third-order valence-corrected chi connectivity index (χ3v) is 2.99. The smallest absolute Gasteiger partial charge is 0.238 e. The minimum atomic E-state index is 0.521. The average Bonchev–Trinajstić information content (AvgIpc) is 2.46. The van der Waals surface area contributed by atoms with Crippen LogP contribution in [-0.4, -0.2) is 16.5 Å². The van der Waals surface area contributed by atoms with E-state index in [1.807, 2.05) is 12.1 Å². The zero-order valence-electron chi connectivity index (χ0n) is 12.3. The Labute approximate surface area is 120 Å². The summed E-state index contributed by atoms with van der Waals surface area (Å²) >= 11 is 0. The Morgan fingerprint density at radius 2 is 1.90 bits per heavy atom. The first-order valence-corrected chi connectivity index (χ1v) is 6.98. The molecule has 4 heteroatoms. The second-order valence-electron chi connectivity index (χ2n) is 4.95. The van der Waals surface area contributed by atoms with E-state index in [4.69, 9.17) is 4.74 Å². The largest absolute Gasteiger partial charge is 0.437 e. The maximum absolute atomic E-state index is 5.73. The molecule has 0 fully saturated rings. The van der Waals surface area contributed by atoms with E-state index in [0.717, 1.165) is 18.0 Å². The van der Waals surface area contributed by atoms with Crippen LogP contribution in [0, 0.1) is 0 Å². The van der Waals surface area contributed by atoms with Gasteiger partial charge in [0.15, 0.2) is 0 Å². The Balaban J connectivity index is 2.05. The molecule has 2 aromatic rings. The van der Waals surface area contributed by atoms with Crippen molar-refractivity contribution < 1.29 is 4.74 Å². The lowest BCUT2D eigenvalue weighted by Gasteiger charge is -2.08. The lowest BCUT2D eigenvalue weighted by atomic mass is 10.0. The third kappa shape index (κ3) is 4.03. The Morgan fingerprint density at radius 3 is 2.55 bits per heavy atom. The van der Waals surface area contributed by atoms with Gasteiger partial charge in [0.05, 0.1) is 11.9 Å². The van der Waals surface area contributed by atoms with E-state index in [1.54, 1.807) is 12.4 Å². The van der Waals surface area contributed by atoms with Crippen LogP contribution < -0.4 is 10.1 Å². The van der Waals surface area contributed by atoms with Gasteiger partial charge < -0.3 is 10.1 Å². The SMILES string of the molecule is CCNCc1cncc(Oc2ccc(C(C)C)cc2)n1. The predicted molar refractivity (Wildman–Crippen MR) is 80.0 cm³/mol. The summed E-state index contributed by atoms with van der Waals surface area (Å²) < 4.78 is 5.73. The summed E-state index contributed by atoms with van der Waals surface area (Å²) in [6.07, 6.45) is 3.38. The van der Waals surface area contributed by atoms with Crippen LogP contribution >= 0.6 is 0 Å². The molecule has 0 radical (unpaired) electrons. The molecule has 1 aromatic carbocycles. The van der Waals surface area contributed by atoms with Crippen LogP contribution in [0.2, 0.25) is 0 Å². The highest BCUT2D eigenvalue weighted by Crippen LogP contribution is 2.22. The molecule has 0 saturated carbocycles. The van der Waals surface area contributed by atoms with Gasteiger partial charge in [0, 0.05) is 12.7 Å². The van der Waals surface area contributed by atoms with Crippen LogP contribution in [0.4, 0.5) is 0 Å². The molecule has 0 saturated heterocycles. The van der Waals surface area contributed by atoms with Crippen molar-refractivity contribution >= 4 is 0 Å². The van der Waals surface area contributed by atoms with Crippen molar-refractivity contribution in [1.82, 2.24) is 15.3 Å². The standard InChI is InChI=1S/C16H21N3O/c1-4-17-9-14-10-18-11-16(19-14)20-15-7-5-13(6-8-15)12(2)3/h5-8,10-12,17H,4,9H2,1-3H3. The molecule has 1 heterocycles. The fraction of sp³-hybridized carbons (Fsp3) is 0.375. The topological polar surface area (TPSA) is 47.0 Å². The molecule has 106 valence electrons. The first-order chi connectivity index (χ1) is 9.69. The highest BCUT2D eigenvalue weighted by Gasteiger charge is 2.03. The molecule has 0 atom stereocenters. The Kier molecular flexibility index (Phi) is 5.07. The number of aromatic nitrogens is 2. The maximum atomic E-state index is 5.73. The number of benzene rings is 1. The van der Waals surface area contributed by atoms with Crippen molar-refractivity contribution in [2.45, 2.75) is 33.2 Å². The second kappa shape index (κ2) is 7.01. The van der Waals surface area contributed by atoms with E-state index in [0.29, 0.717) is 18.3 Å². The van der Waals surface area contributed by atoms with E-state index in [-0.39, 0.29) is 0 Å². The van der Waals surface area contributed by atoms with Gasteiger partial charge in [0.1, 0.15) is 5.75 Å². The lowest BCUT2D eigenvalue weighted by Crippen LogP contribution is -2.13. The maximum Gasteiger partial charge on any atom is 0.238 e. The summed E-state index contributed by atoms with van der Waals surface area (Å²) in [5.41, 5.74) is 2.17. The highest BCUT2D eigenvalue weighted by molar-refractivity contribution is 5.31. The first kappa shape index (κ1) is 14.5. The Morgan fingerprint density at radius 1 is 1.15 bits per heavy atom. The third-order valence-electron chi connectivity index (χ3n) is 2.99. The second-order valence-corrected chi connectivity index (χ2v) is 4.95. The summed E-state index contributed by atoms with van der Waals surface area (Å²) in [6.45, 7) is 8.01.